The Kier molecular flexibility index (Phi) is 1.19. The van der Waals surface area contributed by atoms with Crippen LogP contribution in [0, 0.1) is 0 Å². The summed E-state index contributed by atoms with van der Waals surface area (Å²) < 4.78 is 35.3. The molecule has 1 fully saturated rings. The second kappa shape index (κ2) is 1.53. The van der Waals surface area contributed by atoms with Gasteiger partial charge in [0.2, 0.25) is 0 Å². The number of alkyl halides is 4. The van der Waals surface area contributed by atoms with Crippen LogP contribution in [0.15, 0.2) is 0 Å². The molecule has 1 aliphatic carbocycles. The first kappa shape index (κ1) is 6.20. The van der Waals surface area contributed by atoms with Crippen LogP contribution in [0.1, 0.15) is 6.42 Å². The fraction of sp³-hybridized carbons (Fsp3) is 1.00. The van der Waals surface area contributed by atoms with Crippen LogP contribution in [-0.4, -0.2) is 17.5 Å². The van der Waals surface area contributed by atoms with Crippen molar-refractivity contribution in [3.8, 4) is 0 Å². The van der Waals surface area contributed by atoms with E-state index in [0.29, 0.717) is 0 Å². The molecule has 4 heteroatoms. The summed E-state index contributed by atoms with van der Waals surface area (Å²) in [4.78, 5) is 0. The molecule has 0 aliphatic heterocycles. The average molecular weight is 145 g/mol. The van der Waals surface area contributed by atoms with Gasteiger partial charge in [0.1, 0.15) is 0 Å². The Morgan fingerprint density at radius 1 is 1.50 bits per heavy atom. The van der Waals surface area contributed by atoms with Crippen molar-refractivity contribution in [2.45, 2.75) is 23.9 Å². The predicted molar refractivity (Wildman–Crippen MR) is 24.1 cm³/mol. The van der Waals surface area contributed by atoms with Crippen molar-refractivity contribution < 1.29 is 13.2 Å². The third-order valence-corrected chi connectivity index (χ3v) is 1.56. The second-order valence-corrected chi connectivity index (χ2v) is 2.44. The SMILES string of the molecule is FC1C(Cl)CC1(F)F. The van der Waals surface area contributed by atoms with Gasteiger partial charge in [0, 0.05) is 6.42 Å². The fourth-order valence-electron chi connectivity index (χ4n) is 0.580. The maximum Gasteiger partial charge on any atom is 0.281 e. The van der Waals surface area contributed by atoms with E-state index in [1.165, 1.54) is 0 Å². The maximum atomic E-state index is 11.8. The zero-order valence-corrected chi connectivity index (χ0v) is 4.63. The van der Waals surface area contributed by atoms with Gasteiger partial charge in [-0.15, -0.1) is 11.6 Å². The molecular formula is C4H4ClF3. The quantitative estimate of drug-likeness (QED) is 0.456. The third kappa shape index (κ3) is 0.690. The molecule has 0 aromatic rings. The summed E-state index contributed by atoms with van der Waals surface area (Å²) in [5.41, 5.74) is 0. The Bertz CT molecular complexity index is 103. The largest absolute Gasteiger partial charge is 0.281 e. The summed E-state index contributed by atoms with van der Waals surface area (Å²) in [7, 11) is 0. The number of hydrogen-bond acceptors (Lipinski definition) is 0. The van der Waals surface area contributed by atoms with Gasteiger partial charge in [-0.3, -0.25) is 0 Å². The van der Waals surface area contributed by atoms with E-state index in [2.05, 4.69) is 0 Å². The minimum atomic E-state index is -3.15. The lowest BCUT2D eigenvalue weighted by Crippen LogP contribution is -2.50. The topological polar surface area (TPSA) is 0 Å². The smallest absolute Gasteiger partial charge is 0.239 e. The molecule has 0 aromatic carbocycles. The molecule has 0 bridgehead atoms. The normalized spacial score (nSPS) is 43.5. The fourth-order valence-corrected chi connectivity index (χ4v) is 0.970. The van der Waals surface area contributed by atoms with Crippen LogP contribution in [0.5, 0.6) is 0 Å². The molecule has 0 aromatic heterocycles. The summed E-state index contributed by atoms with van der Waals surface area (Å²) in [6.45, 7) is 0. The van der Waals surface area contributed by atoms with Gasteiger partial charge in [-0.1, -0.05) is 0 Å². The first-order chi connectivity index (χ1) is 3.54. The van der Waals surface area contributed by atoms with Crippen molar-refractivity contribution in [2.75, 3.05) is 0 Å². The van der Waals surface area contributed by atoms with Crippen molar-refractivity contribution in [2.24, 2.45) is 0 Å². The lowest BCUT2D eigenvalue weighted by atomic mass is 9.92. The molecule has 48 valence electrons. The first-order valence-electron chi connectivity index (χ1n) is 2.20. The standard InChI is InChI=1S/C4H4ClF3/c5-2-1-4(7,8)3(2)6/h2-3H,1H2. The van der Waals surface area contributed by atoms with Gasteiger partial charge >= 0.3 is 0 Å². The predicted octanol–water partition coefficient (Wildman–Crippen LogP) is 1.97. The molecule has 0 spiro atoms. The first-order valence-corrected chi connectivity index (χ1v) is 2.63. The summed E-state index contributed by atoms with van der Waals surface area (Å²) in [5, 5.41) is -0.968. The van der Waals surface area contributed by atoms with Gasteiger partial charge < -0.3 is 0 Å². The van der Waals surface area contributed by atoms with Crippen LogP contribution < -0.4 is 0 Å². The highest BCUT2D eigenvalue weighted by Gasteiger charge is 2.56. The summed E-state index contributed by atoms with van der Waals surface area (Å²) >= 11 is 5.03. The highest BCUT2D eigenvalue weighted by molar-refractivity contribution is 6.21. The molecule has 1 aliphatic rings. The molecule has 1 rings (SSSR count). The monoisotopic (exact) mass is 144 g/mol. The van der Waals surface area contributed by atoms with E-state index in [4.69, 9.17) is 11.6 Å². The molecule has 0 amide bonds. The number of rotatable bonds is 0. The van der Waals surface area contributed by atoms with Crippen molar-refractivity contribution in [1.29, 1.82) is 0 Å². The van der Waals surface area contributed by atoms with Crippen LogP contribution in [-0.2, 0) is 0 Å². The third-order valence-electron chi connectivity index (χ3n) is 1.19. The van der Waals surface area contributed by atoms with Crippen molar-refractivity contribution >= 4 is 11.6 Å². The Morgan fingerprint density at radius 3 is 2.00 bits per heavy atom. The van der Waals surface area contributed by atoms with E-state index in [0.717, 1.165) is 0 Å². The Morgan fingerprint density at radius 2 is 2.00 bits per heavy atom. The second-order valence-electron chi connectivity index (χ2n) is 1.88. The van der Waals surface area contributed by atoms with E-state index < -0.39 is 23.9 Å². The van der Waals surface area contributed by atoms with E-state index in [-0.39, 0.29) is 0 Å². The molecular weight excluding hydrogens is 140 g/mol. The summed E-state index contributed by atoms with van der Waals surface area (Å²) in [6, 6.07) is 0. The molecule has 8 heavy (non-hydrogen) atoms. The molecule has 0 heterocycles. The molecule has 1 saturated carbocycles. The summed E-state index contributed by atoms with van der Waals surface area (Å²) in [5.74, 6) is -3.15. The highest BCUT2D eigenvalue weighted by Crippen LogP contribution is 2.43. The van der Waals surface area contributed by atoms with Crippen LogP contribution in [0.3, 0.4) is 0 Å². The van der Waals surface area contributed by atoms with Gasteiger partial charge in [0.05, 0.1) is 5.38 Å². The van der Waals surface area contributed by atoms with Gasteiger partial charge in [-0.05, 0) is 0 Å². The molecule has 0 saturated heterocycles. The van der Waals surface area contributed by atoms with Gasteiger partial charge in [-0.25, -0.2) is 13.2 Å². The van der Waals surface area contributed by atoms with Crippen LogP contribution >= 0.6 is 11.6 Å². The number of halogens is 4. The van der Waals surface area contributed by atoms with Gasteiger partial charge in [0.25, 0.3) is 5.92 Å². The molecule has 0 nitrogen and oxygen atoms in total. The van der Waals surface area contributed by atoms with Crippen molar-refractivity contribution in [3.63, 3.8) is 0 Å². The zero-order valence-electron chi connectivity index (χ0n) is 3.87. The van der Waals surface area contributed by atoms with Crippen LogP contribution in [0.2, 0.25) is 0 Å². The minimum absolute atomic E-state index is 0.518. The number of hydrogen-bond donors (Lipinski definition) is 0. The Labute approximate surface area is 49.6 Å². The molecule has 0 radical (unpaired) electrons. The van der Waals surface area contributed by atoms with E-state index >= 15 is 0 Å². The lowest BCUT2D eigenvalue weighted by Gasteiger charge is -2.34. The Hall–Kier alpha value is 0.0800. The minimum Gasteiger partial charge on any atom is -0.239 e. The van der Waals surface area contributed by atoms with E-state index in [1.54, 1.807) is 0 Å². The summed E-state index contributed by atoms with van der Waals surface area (Å²) in [6.07, 6.45) is -2.64. The molecule has 0 N–H and O–H groups in total. The van der Waals surface area contributed by atoms with Crippen molar-refractivity contribution in [3.05, 3.63) is 0 Å². The Balaban J connectivity index is 2.47. The molecule has 2 atom stereocenters. The van der Waals surface area contributed by atoms with E-state index in [1.807, 2.05) is 0 Å². The lowest BCUT2D eigenvalue weighted by molar-refractivity contribution is -0.138. The average Bonchev–Trinajstić information content (AvgIpc) is 1.65. The van der Waals surface area contributed by atoms with Gasteiger partial charge in [0.15, 0.2) is 6.17 Å². The highest BCUT2D eigenvalue weighted by atomic mass is 35.5. The van der Waals surface area contributed by atoms with Gasteiger partial charge in [-0.2, -0.15) is 0 Å². The zero-order chi connectivity index (χ0) is 6.36. The van der Waals surface area contributed by atoms with Crippen LogP contribution in [0.4, 0.5) is 13.2 Å². The van der Waals surface area contributed by atoms with E-state index in [9.17, 15) is 13.2 Å². The maximum absolute atomic E-state index is 11.8. The molecule has 2 unspecified atom stereocenters. The van der Waals surface area contributed by atoms with Crippen LogP contribution in [0.25, 0.3) is 0 Å². The van der Waals surface area contributed by atoms with Crippen molar-refractivity contribution in [1.82, 2.24) is 0 Å².